The van der Waals surface area contributed by atoms with Crippen molar-refractivity contribution in [2.24, 2.45) is 5.92 Å². The SMILES string of the molecule is CNCC1CCN(CC(=O)Nc2ccc(OC)cc2)C1.Cl. The molecule has 1 aliphatic heterocycles. The molecule has 1 aromatic carbocycles. The zero-order valence-corrected chi connectivity index (χ0v) is 13.4. The van der Waals surface area contributed by atoms with Gasteiger partial charge in [-0.3, -0.25) is 9.69 Å². The van der Waals surface area contributed by atoms with Crippen LogP contribution in [0, 0.1) is 5.92 Å². The Labute approximate surface area is 132 Å². The van der Waals surface area contributed by atoms with Crippen LogP contribution in [0.1, 0.15) is 6.42 Å². The van der Waals surface area contributed by atoms with Gasteiger partial charge in [-0.25, -0.2) is 0 Å². The van der Waals surface area contributed by atoms with Crippen LogP contribution in [-0.4, -0.2) is 51.1 Å². The zero-order valence-electron chi connectivity index (χ0n) is 12.6. The van der Waals surface area contributed by atoms with Crippen LogP contribution in [-0.2, 0) is 4.79 Å². The molecule has 1 saturated heterocycles. The maximum atomic E-state index is 12.0. The van der Waals surface area contributed by atoms with E-state index in [4.69, 9.17) is 4.74 Å². The van der Waals surface area contributed by atoms with Crippen molar-refractivity contribution < 1.29 is 9.53 Å². The third kappa shape index (κ3) is 5.53. The van der Waals surface area contributed by atoms with E-state index >= 15 is 0 Å². The van der Waals surface area contributed by atoms with Crippen LogP contribution in [0.2, 0.25) is 0 Å². The Morgan fingerprint density at radius 1 is 1.38 bits per heavy atom. The Morgan fingerprint density at radius 2 is 2.10 bits per heavy atom. The van der Waals surface area contributed by atoms with Gasteiger partial charge < -0.3 is 15.4 Å². The van der Waals surface area contributed by atoms with Gasteiger partial charge in [0.2, 0.25) is 5.91 Å². The monoisotopic (exact) mass is 313 g/mol. The van der Waals surface area contributed by atoms with Crippen LogP contribution in [0.3, 0.4) is 0 Å². The summed E-state index contributed by atoms with van der Waals surface area (Å²) in [7, 11) is 3.60. The van der Waals surface area contributed by atoms with Gasteiger partial charge in [-0.2, -0.15) is 0 Å². The first-order valence-electron chi connectivity index (χ1n) is 7.02. The summed E-state index contributed by atoms with van der Waals surface area (Å²) in [5.41, 5.74) is 0.807. The Balaban J connectivity index is 0.00000220. The summed E-state index contributed by atoms with van der Waals surface area (Å²) >= 11 is 0. The van der Waals surface area contributed by atoms with Gasteiger partial charge >= 0.3 is 0 Å². The highest BCUT2D eigenvalue weighted by molar-refractivity contribution is 5.92. The molecule has 5 nitrogen and oxygen atoms in total. The maximum Gasteiger partial charge on any atom is 0.238 e. The lowest BCUT2D eigenvalue weighted by molar-refractivity contribution is -0.117. The molecule has 1 amide bonds. The van der Waals surface area contributed by atoms with Crippen molar-refractivity contribution in [3.8, 4) is 5.75 Å². The molecule has 118 valence electrons. The lowest BCUT2D eigenvalue weighted by atomic mass is 10.1. The van der Waals surface area contributed by atoms with Crippen LogP contribution in [0.5, 0.6) is 5.75 Å². The van der Waals surface area contributed by atoms with Crippen molar-refractivity contribution in [1.29, 1.82) is 0 Å². The molecule has 1 heterocycles. The lowest BCUT2D eigenvalue weighted by Gasteiger charge is -2.15. The number of benzene rings is 1. The van der Waals surface area contributed by atoms with Crippen LogP contribution >= 0.6 is 12.4 Å². The third-order valence-corrected chi connectivity index (χ3v) is 3.60. The number of amides is 1. The normalized spacial score (nSPS) is 18.1. The Bertz CT molecular complexity index is 439. The summed E-state index contributed by atoms with van der Waals surface area (Å²) in [4.78, 5) is 14.2. The van der Waals surface area contributed by atoms with Crippen LogP contribution in [0.25, 0.3) is 0 Å². The van der Waals surface area contributed by atoms with Crippen molar-refractivity contribution in [3.05, 3.63) is 24.3 Å². The molecular formula is C15H24ClN3O2. The quantitative estimate of drug-likeness (QED) is 0.837. The minimum Gasteiger partial charge on any atom is -0.497 e. The number of anilines is 1. The van der Waals surface area contributed by atoms with E-state index in [0.717, 1.165) is 37.5 Å². The Morgan fingerprint density at radius 3 is 2.71 bits per heavy atom. The van der Waals surface area contributed by atoms with Crippen molar-refractivity contribution in [2.45, 2.75) is 6.42 Å². The molecular weight excluding hydrogens is 290 g/mol. The van der Waals surface area contributed by atoms with E-state index in [1.54, 1.807) is 7.11 Å². The van der Waals surface area contributed by atoms with Crippen molar-refractivity contribution in [3.63, 3.8) is 0 Å². The van der Waals surface area contributed by atoms with Gasteiger partial charge in [-0.05, 0) is 56.7 Å². The molecule has 1 unspecified atom stereocenters. The molecule has 2 rings (SSSR count). The van der Waals surface area contributed by atoms with E-state index in [2.05, 4.69) is 15.5 Å². The van der Waals surface area contributed by atoms with Crippen molar-refractivity contribution >= 4 is 24.0 Å². The molecule has 2 N–H and O–H groups in total. The standard InChI is InChI=1S/C15H23N3O2.ClH/c1-16-9-12-7-8-18(10-12)11-15(19)17-13-3-5-14(20-2)6-4-13;/h3-6,12,16H,7-11H2,1-2H3,(H,17,19);1H. The zero-order chi connectivity index (χ0) is 14.4. The summed E-state index contributed by atoms with van der Waals surface area (Å²) in [6.07, 6.45) is 1.16. The number of likely N-dealkylation sites (tertiary alicyclic amines) is 1. The molecule has 6 heteroatoms. The van der Waals surface area contributed by atoms with Crippen molar-refractivity contribution in [1.82, 2.24) is 10.2 Å². The molecule has 0 saturated carbocycles. The Kier molecular flexibility index (Phi) is 7.50. The second-order valence-corrected chi connectivity index (χ2v) is 5.22. The van der Waals surface area contributed by atoms with Gasteiger partial charge in [0.15, 0.2) is 0 Å². The number of carbonyl (C=O) groups is 1. The van der Waals surface area contributed by atoms with Gasteiger partial charge in [-0.15, -0.1) is 12.4 Å². The molecule has 1 aromatic rings. The second kappa shape index (κ2) is 8.87. The number of nitrogens with one attached hydrogen (secondary N) is 2. The first-order chi connectivity index (χ1) is 9.71. The number of ether oxygens (including phenoxy) is 1. The van der Waals surface area contributed by atoms with Crippen molar-refractivity contribution in [2.75, 3.05) is 45.7 Å². The van der Waals surface area contributed by atoms with E-state index in [-0.39, 0.29) is 18.3 Å². The molecule has 21 heavy (non-hydrogen) atoms. The number of hydrogen-bond donors (Lipinski definition) is 2. The highest BCUT2D eigenvalue weighted by atomic mass is 35.5. The second-order valence-electron chi connectivity index (χ2n) is 5.22. The van der Waals surface area contributed by atoms with Gasteiger partial charge in [0.1, 0.15) is 5.75 Å². The van der Waals surface area contributed by atoms with Gasteiger partial charge in [0.05, 0.1) is 13.7 Å². The largest absolute Gasteiger partial charge is 0.497 e. The average Bonchev–Trinajstić information content (AvgIpc) is 2.87. The molecule has 0 radical (unpaired) electrons. The first kappa shape index (κ1) is 17.8. The number of carbonyl (C=O) groups excluding carboxylic acids is 1. The number of methoxy groups -OCH3 is 1. The van der Waals surface area contributed by atoms with E-state index in [1.807, 2.05) is 31.3 Å². The summed E-state index contributed by atoms with van der Waals surface area (Å²) in [6, 6.07) is 7.39. The molecule has 0 aliphatic carbocycles. The molecule has 1 fully saturated rings. The third-order valence-electron chi connectivity index (χ3n) is 3.60. The van der Waals surface area contributed by atoms with Gasteiger partial charge in [0.25, 0.3) is 0 Å². The fourth-order valence-corrected chi connectivity index (χ4v) is 2.59. The minimum atomic E-state index is 0. The summed E-state index contributed by atoms with van der Waals surface area (Å²) in [6.45, 7) is 3.49. The van der Waals surface area contributed by atoms with E-state index in [1.165, 1.54) is 0 Å². The fourth-order valence-electron chi connectivity index (χ4n) is 2.59. The summed E-state index contributed by atoms with van der Waals surface area (Å²) in [5.74, 6) is 1.49. The fraction of sp³-hybridized carbons (Fsp3) is 0.533. The minimum absolute atomic E-state index is 0. The van der Waals surface area contributed by atoms with Gasteiger partial charge in [0, 0.05) is 12.2 Å². The first-order valence-corrected chi connectivity index (χ1v) is 7.02. The number of rotatable bonds is 6. The molecule has 0 spiro atoms. The summed E-state index contributed by atoms with van der Waals surface area (Å²) < 4.78 is 5.09. The molecule has 0 bridgehead atoms. The Hall–Kier alpha value is -1.30. The maximum absolute atomic E-state index is 12.0. The smallest absolute Gasteiger partial charge is 0.238 e. The number of nitrogens with zero attached hydrogens (tertiary/aromatic N) is 1. The average molecular weight is 314 g/mol. The number of hydrogen-bond acceptors (Lipinski definition) is 4. The van der Waals surface area contributed by atoms with E-state index < -0.39 is 0 Å². The molecule has 0 aromatic heterocycles. The predicted octanol–water partition coefficient (Wildman–Crippen LogP) is 1.60. The van der Waals surface area contributed by atoms with Crippen LogP contribution in [0.15, 0.2) is 24.3 Å². The highest BCUT2D eigenvalue weighted by Gasteiger charge is 2.23. The van der Waals surface area contributed by atoms with E-state index in [0.29, 0.717) is 12.5 Å². The lowest BCUT2D eigenvalue weighted by Crippen LogP contribution is -2.32. The number of halogens is 1. The van der Waals surface area contributed by atoms with Crippen LogP contribution in [0.4, 0.5) is 5.69 Å². The highest BCUT2D eigenvalue weighted by Crippen LogP contribution is 2.17. The van der Waals surface area contributed by atoms with Gasteiger partial charge in [-0.1, -0.05) is 0 Å². The predicted molar refractivity (Wildman–Crippen MR) is 87.3 cm³/mol. The van der Waals surface area contributed by atoms with Crippen LogP contribution < -0.4 is 15.4 Å². The van der Waals surface area contributed by atoms with E-state index in [9.17, 15) is 4.79 Å². The summed E-state index contributed by atoms with van der Waals surface area (Å²) in [5, 5.41) is 6.11. The molecule has 1 atom stereocenters. The molecule has 1 aliphatic rings. The topological polar surface area (TPSA) is 53.6 Å².